The van der Waals surface area contributed by atoms with Crippen LogP contribution in [0.3, 0.4) is 0 Å². The second kappa shape index (κ2) is 5.96. The maximum atomic E-state index is 6.14. The van der Waals surface area contributed by atoms with E-state index in [1.807, 2.05) is 23.5 Å². The first-order chi connectivity index (χ1) is 9.24. The minimum absolute atomic E-state index is 0.512. The Kier molecular flexibility index (Phi) is 4.27. The average molecular weight is 357 g/mol. The molecule has 3 rings (SSSR count). The van der Waals surface area contributed by atoms with Gasteiger partial charge in [0.1, 0.15) is 0 Å². The second-order valence-corrected chi connectivity index (χ2v) is 7.22. The van der Waals surface area contributed by atoms with Crippen LogP contribution in [0.4, 0.5) is 0 Å². The first-order valence-corrected chi connectivity index (χ1v) is 8.49. The van der Waals surface area contributed by atoms with Gasteiger partial charge in [0.25, 0.3) is 0 Å². The number of rotatable bonds is 2. The van der Waals surface area contributed by atoms with Crippen LogP contribution in [0.25, 0.3) is 0 Å². The predicted octanol–water partition coefficient (Wildman–Crippen LogP) is 5.02. The Bertz CT molecular complexity index is 569. The fraction of sp³-hybridized carbons (Fsp3) is 0.333. The molecule has 1 nitrogen and oxygen atoms in total. The van der Waals surface area contributed by atoms with E-state index in [1.165, 1.54) is 21.3 Å². The smallest absolute Gasteiger partial charge is 0.0408 e. The van der Waals surface area contributed by atoms with Gasteiger partial charge in [0.2, 0.25) is 0 Å². The quantitative estimate of drug-likeness (QED) is 0.796. The minimum Gasteiger partial charge on any atom is -0.316 e. The van der Waals surface area contributed by atoms with Crippen molar-refractivity contribution in [3.63, 3.8) is 0 Å². The van der Waals surface area contributed by atoms with Gasteiger partial charge in [-0.15, -0.1) is 11.3 Å². The van der Waals surface area contributed by atoms with E-state index in [0.29, 0.717) is 11.8 Å². The topological polar surface area (TPSA) is 12.0 Å². The third-order valence-electron chi connectivity index (χ3n) is 3.71. The molecule has 4 heteroatoms. The highest BCUT2D eigenvalue weighted by atomic mass is 79.9. The third kappa shape index (κ3) is 3.05. The van der Waals surface area contributed by atoms with Crippen LogP contribution in [0.15, 0.2) is 40.2 Å². The maximum absolute atomic E-state index is 6.14. The summed E-state index contributed by atoms with van der Waals surface area (Å²) < 4.78 is 1.19. The van der Waals surface area contributed by atoms with Gasteiger partial charge in [0.05, 0.1) is 0 Å². The predicted molar refractivity (Wildman–Crippen MR) is 86.4 cm³/mol. The number of piperidine rings is 1. The Labute approximate surface area is 131 Å². The molecule has 0 saturated carbocycles. The molecule has 0 bridgehead atoms. The van der Waals surface area contributed by atoms with Crippen LogP contribution in [0, 0.1) is 0 Å². The van der Waals surface area contributed by atoms with Gasteiger partial charge < -0.3 is 5.32 Å². The number of hydrogen-bond donors (Lipinski definition) is 1. The summed E-state index contributed by atoms with van der Waals surface area (Å²) in [6, 6.07) is 10.6. The van der Waals surface area contributed by atoms with Crippen molar-refractivity contribution in [3.8, 4) is 0 Å². The number of thiophene rings is 1. The first-order valence-electron chi connectivity index (χ1n) is 6.44. The number of halogens is 2. The Balaban J connectivity index is 1.93. The molecule has 0 amide bonds. The van der Waals surface area contributed by atoms with Gasteiger partial charge in [-0.2, -0.15) is 0 Å². The van der Waals surface area contributed by atoms with Crippen molar-refractivity contribution < 1.29 is 0 Å². The van der Waals surface area contributed by atoms with Crippen LogP contribution in [0.2, 0.25) is 5.02 Å². The summed E-state index contributed by atoms with van der Waals surface area (Å²) in [5.41, 5.74) is 1.34. The highest BCUT2D eigenvalue weighted by Gasteiger charge is 2.28. The molecule has 1 saturated heterocycles. The van der Waals surface area contributed by atoms with E-state index in [0.717, 1.165) is 18.1 Å². The van der Waals surface area contributed by atoms with Gasteiger partial charge in [-0.1, -0.05) is 23.7 Å². The standard InChI is InChI=1S/C15H15BrClNS/c16-11-7-15(19-9-11)13-4-5-18-8-14(13)10-2-1-3-12(17)6-10/h1-3,6-7,9,13-14,18H,4-5,8H2. The SMILES string of the molecule is Clc1cccc(C2CNCCC2c2cc(Br)cs2)c1. The largest absolute Gasteiger partial charge is 0.316 e. The second-order valence-electron chi connectivity index (χ2n) is 4.93. The molecule has 2 heterocycles. The molecule has 2 unspecified atom stereocenters. The lowest BCUT2D eigenvalue weighted by atomic mass is 9.80. The first kappa shape index (κ1) is 13.6. The van der Waals surface area contributed by atoms with Crippen molar-refractivity contribution in [1.29, 1.82) is 0 Å². The summed E-state index contributed by atoms with van der Waals surface area (Å²) in [7, 11) is 0. The molecule has 1 aliphatic rings. The molecule has 19 heavy (non-hydrogen) atoms. The lowest BCUT2D eigenvalue weighted by molar-refractivity contribution is 0.408. The van der Waals surface area contributed by atoms with E-state index in [-0.39, 0.29) is 0 Å². The van der Waals surface area contributed by atoms with Gasteiger partial charge in [-0.25, -0.2) is 0 Å². The van der Waals surface area contributed by atoms with Gasteiger partial charge in [-0.3, -0.25) is 0 Å². The van der Waals surface area contributed by atoms with Gasteiger partial charge >= 0.3 is 0 Å². The van der Waals surface area contributed by atoms with Crippen LogP contribution in [-0.4, -0.2) is 13.1 Å². The van der Waals surface area contributed by atoms with Crippen molar-refractivity contribution in [2.45, 2.75) is 18.3 Å². The number of hydrogen-bond acceptors (Lipinski definition) is 2. The Morgan fingerprint density at radius 2 is 2.16 bits per heavy atom. The van der Waals surface area contributed by atoms with Gasteiger partial charge in [-0.05, 0) is 52.7 Å². The summed E-state index contributed by atoms with van der Waals surface area (Å²) >= 11 is 11.5. The molecule has 1 N–H and O–H groups in total. The summed E-state index contributed by atoms with van der Waals surface area (Å²) in [6.45, 7) is 2.12. The maximum Gasteiger partial charge on any atom is 0.0408 e. The fourth-order valence-corrected chi connectivity index (χ4v) is 4.66. The molecule has 2 atom stereocenters. The summed E-state index contributed by atoms with van der Waals surface area (Å²) in [5, 5.41) is 6.51. The summed E-state index contributed by atoms with van der Waals surface area (Å²) in [6.07, 6.45) is 1.18. The van der Waals surface area contributed by atoms with E-state index in [9.17, 15) is 0 Å². The summed E-state index contributed by atoms with van der Waals surface area (Å²) in [5.74, 6) is 1.11. The molecule has 0 spiro atoms. The van der Waals surface area contributed by atoms with E-state index < -0.39 is 0 Å². The van der Waals surface area contributed by atoms with Crippen molar-refractivity contribution in [2.24, 2.45) is 0 Å². The monoisotopic (exact) mass is 355 g/mol. The molecule has 2 aromatic rings. The molecule has 1 fully saturated rings. The average Bonchev–Trinajstić information content (AvgIpc) is 2.85. The van der Waals surface area contributed by atoms with Crippen LogP contribution in [0.1, 0.15) is 28.7 Å². The van der Waals surface area contributed by atoms with Crippen molar-refractivity contribution in [3.05, 3.63) is 55.6 Å². The number of benzene rings is 1. The van der Waals surface area contributed by atoms with Crippen LogP contribution in [0.5, 0.6) is 0 Å². The Hall–Kier alpha value is -0.350. The van der Waals surface area contributed by atoms with E-state index in [1.54, 1.807) is 0 Å². The van der Waals surface area contributed by atoms with Crippen molar-refractivity contribution in [1.82, 2.24) is 5.32 Å². The zero-order valence-corrected chi connectivity index (χ0v) is 13.6. The van der Waals surface area contributed by atoms with Gasteiger partial charge in [0, 0.05) is 38.1 Å². The summed E-state index contributed by atoms with van der Waals surface area (Å²) in [4.78, 5) is 1.47. The molecule has 0 aliphatic carbocycles. The number of nitrogens with one attached hydrogen (secondary N) is 1. The molecular formula is C15H15BrClNS. The van der Waals surface area contributed by atoms with E-state index in [2.05, 4.69) is 44.8 Å². The lowest BCUT2D eigenvalue weighted by Gasteiger charge is -2.32. The van der Waals surface area contributed by atoms with Crippen LogP contribution >= 0.6 is 38.9 Å². The zero-order chi connectivity index (χ0) is 13.2. The Morgan fingerprint density at radius 3 is 2.89 bits per heavy atom. The van der Waals surface area contributed by atoms with E-state index in [4.69, 9.17) is 11.6 Å². The van der Waals surface area contributed by atoms with Crippen molar-refractivity contribution >= 4 is 38.9 Å². The zero-order valence-electron chi connectivity index (χ0n) is 10.4. The molecular weight excluding hydrogens is 342 g/mol. The lowest BCUT2D eigenvalue weighted by Crippen LogP contribution is -2.33. The normalized spacial score (nSPS) is 23.5. The molecule has 1 aromatic heterocycles. The van der Waals surface area contributed by atoms with Gasteiger partial charge in [0.15, 0.2) is 0 Å². The van der Waals surface area contributed by atoms with Crippen LogP contribution in [-0.2, 0) is 0 Å². The van der Waals surface area contributed by atoms with E-state index >= 15 is 0 Å². The highest BCUT2D eigenvalue weighted by molar-refractivity contribution is 9.10. The fourth-order valence-electron chi connectivity index (χ4n) is 2.81. The molecule has 1 aliphatic heterocycles. The third-order valence-corrected chi connectivity index (χ3v) is 5.77. The van der Waals surface area contributed by atoms with Crippen LogP contribution < -0.4 is 5.32 Å². The van der Waals surface area contributed by atoms with Crippen molar-refractivity contribution in [2.75, 3.05) is 13.1 Å². The molecule has 1 aromatic carbocycles. The highest BCUT2D eigenvalue weighted by Crippen LogP contribution is 2.41. The Morgan fingerprint density at radius 1 is 1.26 bits per heavy atom. The molecule has 100 valence electrons. The minimum atomic E-state index is 0.512. The molecule has 0 radical (unpaired) electrons.